The Hall–Kier alpha value is -3.21. The van der Waals surface area contributed by atoms with Crippen LogP contribution in [0.3, 0.4) is 0 Å². The average molecular weight is 437 g/mol. The van der Waals surface area contributed by atoms with Gasteiger partial charge in [0.15, 0.2) is 17.6 Å². The summed E-state index contributed by atoms with van der Waals surface area (Å²) in [5, 5.41) is 2.64. The van der Waals surface area contributed by atoms with Crippen molar-refractivity contribution in [1.82, 2.24) is 5.32 Å². The molecule has 30 heavy (non-hydrogen) atoms. The van der Waals surface area contributed by atoms with Crippen molar-refractivity contribution in [2.75, 3.05) is 35.5 Å². The van der Waals surface area contributed by atoms with Gasteiger partial charge in [0, 0.05) is 25.7 Å². The van der Waals surface area contributed by atoms with Gasteiger partial charge in [-0.15, -0.1) is 0 Å². The van der Waals surface area contributed by atoms with Gasteiger partial charge in [-0.05, 0) is 31.2 Å². The van der Waals surface area contributed by atoms with E-state index in [1.54, 1.807) is 25.1 Å². The molecule has 0 fully saturated rings. The second kappa shape index (κ2) is 7.56. The molecule has 2 aromatic carbocycles. The van der Waals surface area contributed by atoms with Crippen LogP contribution in [0.5, 0.6) is 17.2 Å². The molecule has 2 aromatic rings. The maximum absolute atomic E-state index is 13.6. The van der Waals surface area contributed by atoms with E-state index in [4.69, 9.17) is 14.2 Å². The molecular formula is C19H20FN3O6S. The van der Waals surface area contributed by atoms with Crippen LogP contribution in [0.25, 0.3) is 0 Å². The predicted molar refractivity (Wildman–Crippen MR) is 107 cm³/mol. The number of carbonyl (C=O) groups is 1. The standard InChI is InChI=1S/C19H20FN3O6S/c1-12(29-14-4-6-17-18(10-14)28-11-27-17)19(24)21-7-8-23-16-9-13(20)3-5-15(16)22(2)30(23,25)26/h3-6,9-10,12H,7-8,11H2,1-2H3,(H,21,24). The lowest BCUT2D eigenvalue weighted by molar-refractivity contribution is -0.127. The summed E-state index contributed by atoms with van der Waals surface area (Å²) >= 11 is 0. The maximum Gasteiger partial charge on any atom is 0.326 e. The number of nitrogens with zero attached hydrogens (tertiary/aromatic N) is 2. The van der Waals surface area contributed by atoms with E-state index in [0.29, 0.717) is 22.9 Å². The highest BCUT2D eigenvalue weighted by atomic mass is 32.2. The van der Waals surface area contributed by atoms with Gasteiger partial charge >= 0.3 is 10.2 Å². The molecule has 160 valence electrons. The zero-order valence-electron chi connectivity index (χ0n) is 16.3. The highest BCUT2D eigenvalue weighted by molar-refractivity contribution is 7.94. The smallest absolute Gasteiger partial charge is 0.326 e. The van der Waals surface area contributed by atoms with Crippen molar-refractivity contribution in [3.8, 4) is 17.2 Å². The minimum absolute atomic E-state index is 0.0245. The van der Waals surface area contributed by atoms with Crippen LogP contribution < -0.4 is 28.1 Å². The van der Waals surface area contributed by atoms with Crippen molar-refractivity contribution < 1.29 is 31.8 Å². The van der Waals surface area contributed by atoms with E-state index in [-0.39, 0.29) is 25.6 Å². The number of rotatable bonds is 6. The van der Waals surface area contributed by atoms with Gasteiger partial charge in [-0.1, -0.05) is 0 Å². The normalized spacial score (nSPS) is 16.9. The number of nitrogens with one attached hydrogen (secondary N) is 1. The zero-order chi connectivity index (χ0) is 21.5. The van der Waals surface area contributed by atoms with Crippen LogP contribution in [0.15, 0.2) is 36.4 Å². The van der Waals surface area contributed by atoms with Crippen LogP contribution in [-0.4, -0.2) is 47.4 Å². The van der Waals surface area contributed by atoms with Crippen LogP contribution in [0.2, 0.25) is 0 Å². The van der Waals surface area contributed by atoms with Gasteiger partial charge in [0.2, 0.25) is 6.79 Å². The molecule has 0 radical (unpaired) electrons. The van der Waals surface area contributed by atoms with E-state index in [1.165, 1.54) is 19.2 Å². The zero-order valence-corrected chi connectivity index (χ0v) is 17.1. The fourth-order valence-corrected chi connectivity index (χ4v) is 4.64. The molecule has 1 amide bonds. The molecule has 0 aromatic heterocycles. The third kappa shape index (κ3) is 3.56. The van der Waals surface area contributed by atoms with Crippen molar-refractivity contribution in [2.24, 2.45) is 0 Å². The lowest BCUT2D eigenvalue weighted by atomic mass is 10.2. The van der Waals surface area contributed by atoms with Crippen molar-refractivity contribution in [3.63, 3.8) is 0 Å². The van der Waals surface area contributed by atoms with E-state index in [0.717, 1.165) is 14.7 Å². The minimum atomic E-state index is -3.82. The van der Waals surface area contributed by atoms with Gasteiger partial charge in [-0.25, -0.2) is 8.70 Å². The second-order valence-corrected chi connectivity index (χ2v) is 8.63. The van der Waals surface area contributed by atoms with E-state index >= 15 is 0 Å². The Balaban J connectivity index is 1.36. The van der Waals surface area contributed by atoms with Crippen LogP contribution in [-0.2, 0) is 15.0 Å². The van der Waals surface area contributed by atoms with Gasteiger partial charge in [-0.2, -0.15) is 8.42 Å². The molecule has 0 aliphatic carbocycles. The van der Waals surface area contributed by atoms with Crippen molar-refractivity contribution in [1.29, 1.82) is 0 Å². The summed E-state index contributed by atoms with van der Waals surface area (Å²) in [6.07, 6.45) is -0.826. The summed E-state index contributed by atoms with van der Waals surface area (Å²) in [5.74, 6) is 0.619. The molecule has 0 saturated heterocycles. The van der Waals surface area contributed by atoms with Crippen LogP contribution in [0.1, 0.15) is 6.92 Å². The van der Waals surface area contributed by atoms with Gasteiger partial charge in [-0.3, -0.25) is 9.10 Å². The largest absolute Gasteiger partial charge is 0.481 e. The van der Waals surface area contributed by atoms with Crippen LogP contribution in [0, 0.1) is 5.82 Å². The first-order valence-corrected chi connectivity index (χ1v) is 10.6. The van der Waals surface area contributed by atoms with Crippen LogP contribution in [0.4, 0.5) is 15.8 Å². The SMILES string of the molecule is CC(Oc1ccc2c(c1)OCO2)C(=O)NCCN1c2cc(F)ccc2N(C)S1(=O)=O. The molecule has 2 heterocycles. The molecule has 0 bridgehead atoms. The minimum Gasteiger partial charge on any atom is -0.481 e. The highest BCUT2D eigenvalue weighted by Gasteiger charge is 2.38. The average Bonchev–Trinajstić information content (AvgIpc) is 3.24. The number of fused-ring (bicyclic) bond motifs is 2. The molecule has 1 atom stereocenters. The highest BCUT2D eigenvalue weighted by Crippen LogP contribution is 2.40. The number of hydrogen-bond donors (Lipinski definition) is 1. The van der Waals surface area contributed by atoms with E-state index < -0.39 is 28.0 Å². The number of anilines is 2. The molecule has 11 heteroatoms. The maximum atomic E-state index is 13.6. The Morgan fingerprint density at radius 1 is 1.20 bits per heavy atom. The number of carbonyl (C=O) groups excluding carboxylic acids is 1. The van der Waals surface area contributed by atoms with Crippen molar-refractivity contribution in [3.05, 3.63) is 42.2 Å². The summed E-state index contributed by atoms with van der Waals surface area (Å²) in [4.78, 5) is 12.3. The first-order chi connectivity index (χ1) is 14.3. The molecule has 9 nitrogen and oxygen atoms in total. The first kappa shape index (κ1) is 20.1. The summed E-state index contributed by atoms with van der Waals surface area (Å²) in [7, 11) is -2.43. The topological polar surface area (TPSA) is 97.4 Å². The molecule has 2 aliphatic heterocycles. The summed E-state index contributed by atoms with van der Waals surface area (Å²) in [5.41, 5.74) is 0.610. The monoisotopic (exact) mass is 437 g/mol. The Bertz CT molecular complexity index is 1090. The Morgan fingerprint density at radius 2 is 1.97 bits per heavy atom. The van der Waals surface area contributed by atoms with Gasteiger partial charge < -0.3 is 19.5 Å². The molecule has 0 saturated carbocycles. The van der Waals surface area contributed by atoms with Crippen molar-refractivity contribution in [2.45, 2.75) is 13.0 Å². The first-order valence-electron chi connectivity index (χ1n) is 9.17. The van der Waals surface area contributed by atoms with Crippen LogP contribution >= 0.6 is 0 Å². The second-order valence-electron chi connectivity index (χ2n) is 6.75. The number of amides is 1. The Labute approximate surface area is 173 Å². The molecule has 0 spiro atoms. The predicted octanol–water partition coefficient (Wildman–Crippen LogP) is 1.64. The molecular weight excluding hydrogens is 417 g/mol. The summed E-state index contributed by atoms with van der Waals surface area (Å²) < 4.78 is 57.0. The van der Waals surface area contributed by atoms with E-state index in [1.807, 2.05) is 0 Å². The lowest BCUT2D eigenvalue weighted by Gasteiger charge is -2.20. The Kier molecular flexibility index (Phi) is 5.06. The fraction of sp³-hybridized carbons (Fsp3) is 0.316. The van der Waals surface area contributed by atoms with Gasteiger partial charge in [0.05, 0.1) is 17.9 Å². The van der Waals surface area contributed by atoms with Crippen molar-refractivity contribution >= 4 is 27.5 Å². The fourth-order valence-electron chi connectivity index (χ4n) is 3.23. The number of benzene rings is 2. The third-order valence-electron chi connectivity index (χ3n) is 4.81. The number of ether oxygens (including phenoxy) is 3. The molecule has 1 N–H and O–H groups in total. The molecule has 1 unspecified atom stereocenters. The quantitative estimate of drug-likeness (QED) is 0.738. The molecule has 2 aliphatic rings. The van der Waals surface area contributed by atoms with Gasteiger partial charge in [0.1, 0.15) is 11.6 Å². The van der Waals surface area contributed by atoms with Gasteiger partial charge in [0.25, 0.3) is 5.91 Å². The van der Waals surface area contributed by atoms with E-state index in [9.17, 15) is 17.6 Å². The summed E-state index contributed by atoms with van der Waals surface area (Å²) in [6.45, 7) is 1.68. The number of hydrogen-bond acceptors (Lipinski definition) is 6. The lowest BCUT2D eigenvalue weighted by Crippen LogP contribution is -2.43. The van der Waals surface area contributed by atoms with E-state index in [2.05, 4.69) is 5.32 Å². The third-order valence-corrected chi connectivity index (χ3v) is 6.64. The number of halogens is 1. The Morgan fingerprint density at radius 3 is 2.77 bits per heavy atom. The summed E-state index contributed by atoms with van der Waals surface area (Å²) in [6, 6.07) is 8.74. The molecule has 4 rings (SSSR count).